The molecule has 0 aliphatic carbocycles. The molecule has 6 heteroatoms. The van der Waals surface area contributed by atoms with Gasteiger partial charge in [-0.25, -0.2) is 0 Å². The average molecular weight is 316 g/mol. The van der Waals surface area contributed by atoms with E-state index >= 15 is 0 Å². The quantitative estimate of drug-likeness (QED) is 0.895. The van der Waals surface area contributed by atoms with Gasteiger partial charge in [0, 0.05) is 25.0 Å². The van der Waals surface area contributed by atoms with Crippen molar-refractivity contribution < 1.29 is 9.32 Å². The van der Waals surface area contributed by atoms with Crippen LogP contribution in [0.2, 0.25) is 0 Å². The fourth-order valence-corrected chi connectivity index (χ4v) is 3.10. The highest BCUT2D eigenvalue weighted by Crippen LogP contribution is 2.29. The molecule has 1 amide bonds. The first kappa shape index (κ1) is 16.0. The van der Waals surface area contributed by atoms with Crippen molar-refractivity contribution in [3.63, 3.8) is 0 Å². The molecule has 0 saturated carbocycles. The number of nitrogens with zero attached hydrogens (tertiary/aromatic N) is 2. The molecule has 1 saturated heterocycles. The number of nitrogens with one attached hydrogen (secondary N) is 2. The van der Waals surface area contributed by atoms with Crippen LogP contribution in [0.15, 0.2) is 22.7 Å². The smallest absolute Gasteiger partial charge is 0.239 e. The summed E-state index contributed by atoms with van der Waals surface area (Å²) in [5.74, 6) is 0.00787. The van der Waals surface area contributed by atoms with E-state index in [1.807, 2.05) is 46.0 Å². The number of piperazine rings is 1. The van der Waals surface area contributed by atoms with E-state index in [0.717, 1.165) is 35.3 Å². The lowest BCUT2D eigenvalue weighted by Crippen LogP contribution is -2.58. The topological polar surface area (TPSA) is 70.4 Å². The van der Waals surface area contributed by atoms with Gasteiger partial charge in [-0.1, -0.05) is 17.3 Å². The summed E-state index contributed by atoms with van der Waals surface area (Å²) < 4.78 is 5.49. The molecule has 1 aliphatic heterocycles. The molecule has 2 heterocycles. The van der Waals surface area contributed by atoms with Crippen LogP contribution < -0.4 is 10.6 Å². The second-order valence-corrected chi connectivity index (χ2v) is 6.80. The highest BCUT2D eigenvalue weighted by atomic mass is 16.5. The van der Waals surface area contributed by atoms with E-state index in [2.05, 4.69) is 20.7 Å². The molecule has 3 rings (SSSR count). The maximum atomic E-state index is 12.7. The van der Waals surface area contributed by atoms with Gasteiger partial charge in [-0.3, -0.25) is 9.69 Å². The third-order valence-electron chi connectivity index (χ3n) is 4.54. The van der Waals surface area contributed by atoms with Gasteiger partial charge < -0.3 is 15.2 Å². The monoisotopic (exact) mass is 316 g/mol. The number of hydrogen-bond donors (Lipinski definition) is 2. The summed E-state index contributed by atoms with van der Waals surface area (Å²) in [6.45, 7) is 8.35. The molecule has 124 valence electrons. The van der Waals surface area contributed by atoms with Crippen LogP contribution in [0, 0.1) is 6.92 Å². The number of rotatable bonds is 3. The Labute approximate surface area is 136 Å². The van der Waals surface area contributed by atoms with Gasteiger partial charge in [0.15, 0.2) is 5.58 Å². The summed E-state index contributed by atoms with van der Waals surface area (Å²) in [4.78, 5) is 14.7. The van der Waals surface area contributed by atoms with E-state index in [4.69, 9.17) is 4.52 Å². The summed E-state index contributed by atoms with van der Waals surface area (Å²) in [6.07, 6.45) is 0. The second kappa shape index (κ2) is 5.94. The highest BCUT2D eigenvalue weighted by molar-refractivity contribution is 5.86. The van der Waals surface area contributed by atoms with Gasteiger partial charge in [-0.05, 0) is 39.4 Å². The Kier molecular flexibility index (Phi) is 4.12. The van der Waals surface area contributed by atoms with E-state index in [0.29, 0.717) is 6.54 Å². The first-order chi connectivity index (χ1) is 10.9. The number of para-hydroxylation sites is 1. The number of fused-ring (bicyclic) bond motifs is 1. The van der Waals surface area contributed by atoms with E-state index in [1.54, 1.807) is 0 Å². The minimum absolute atomic E-state index is 0.00787. The number of carbonyl (C=O) groups is 1. The lowest BCUT2D eigenvalue weighted by atomic mass is 9.95. The van der Waals surface area contributed by atoms with Crippen LogP contribution >= 0.6 is 0 Å². The minimum Gasteiger partial charge on any atom is -0.356 e. The van der Waals surface area contributed by atoms with E-state index in [-0.39, 0.29) is 11.9 Å². The van der Waals surface area contributed by atoms with Gasteiger partial charge >= 0.3 is 0 Å². The predicted octanol–water partition coefficient (Wildman–Crippen LogP) is 1.39. The maximum Gasteiger partial charge on any atom is 0.239 e. The van der Waals surface area contributed by atoms with Gasteiger partial charge in [-0.2, -0.15) is 0 Å². The zero-order valence-corrected chi connectivity index (χ0v) is 14.1. The van der Waals surface area contributed by atoms with Crippen molar-refractivity contribution in [2.75, 3.05) is 26.7 Å². The third-order valence-corrected chi connectivity index (χ3v) is 4.54. The largest absolute Gasteiger partial charge is 0.356 e. The number of likely N-dealkylation sites (N-methyl/N-ethyl adjacent to an activating group) is 1. The molecule has 0 unspecified atom stereocenters. The molecule has 0 radical (unpaired) electrons. The second-order valence-electron chi connectivity index (χ2n) is 6.80. The van der Waals surface area contributed by atoms with Crippen LogP contribution in [-0.4, -0.2) is 48.7 Å². The zero-order chi connectivity index (χ0) is 16.6. The summed E-state index contributed by atoms with van der Waals surface area (Å²) in [7, 11) is 1.98. The van der Waals surface area contributed by atoms with Crippen LogP contribution in [0.1, 0.15) is 25.1 Å². The van der Waals surface area contributed by atoms with E-state index < -0.39 is 5.54 Å². The molecule has 1 aliphatic rings. The standard InChI is InChI=1S/C17H24N4O2/c1-11-6-5-7-12-14(11)23-20-15(12)17(2,3)19-16(22)13-10-18-8-9-21(13)4/h5-7,13,18H,8-10H2,1-4H3,(H,19,22)/t13-/m0/s1. The van der Waals surface area contributed by atoms with Crippen LogP contribution in [0.4, 0.5) is 0 Å². The summed E-state index contributed by atoms with van der Waals surface area (Å²) in [5, 5.41) is 11.6. The molecule has 23 heavy (non-hydrogen) atoms. The van der Waals surface area contributed by atoms with Gasteiger partial charge in [0.2, 0.25) is 5.91 Å². The maximum absolute atomic E-state index is 12.7. The van der Waals surface area contributed by atoms with Gasteiger partial charge in [0.1, 0.15) is 11.7 Å². The molecule has 1 aromatic carbocycles. The van der Waals surface area contributed by atoms with Crippen LogP contribution in [0.3, 0.4) is 0 Å². The molecule has 2 N–H and O–H groups in total. The minimum atomic E-state index is -0.603. The van der Waals surface area contributed by atoms with Crippen molar-refractivity contribution in [2.45, 2.75) is 32.4 Å². The number of hydrogen-bond acceptors (Lipinski definition) is 5. The van der Waals surface area contributed by atoms with Crippen molar-refractivity contribution in [2.24, 2.45) is 0 Å². The summed E-state index contributed by atoms with van der Waals surface area (Å²) >= 11 is 0. The normalized spacial score (nSPS) is 19.9. The predicted molar refractivity (Wildman–Crippen MR) is 89.2 cm³/mol. The first-order valence-electron chi connectivity index (χ1n) is 7.98. The first-order valence-corrected chi connectivity index (χ1v) is 7.98. The number of carbonyl (C=O) groups excluding carboxylic acids is 1. The number of benzene rings is 1. The zero-order valence-electron chi connectivity index (χ0n) is 14.1. The van der Waals surface area contributed by atoms with Crippen molar-refractivity contribution in [1.29, 1.82) is 0 Å². The Bertz CT molecular complexity index is 722. The Hall–Kier alpha value is -1.92. The number of amides is 1. The Morgan fingerprint density at radius 3 is 3.00 bits per heavy atom. The lowest BCUT2D eigenvalue weighted by molar-refractivity contribution is -0.128. The average Bonchev–Trinajstić information content (AvgIpc) is 2.93. The SMILES string of the molecule is Cc1cccc2c(C(C)(C)NC(=O)[C@@H]3CNCCN3C)noc12. The Balaban J connectivity index is 1.85. The molecule has 0 spiro atoms. The third kappa shape index (κ3) is 2.96. The van der Waals surface area contributed by atoms with Gasteiger partial charge in [-0.15, -0.1) is 0 Å². The summed E-state index contributed by atoms with van der Waals surface area (Å²) in [6, 6.07) is 5.79. The van der Waals surface area contributed by atoms with Crippen molar-refractivity contribution in [3.8, 4) is 0 Å². The molecular weight excluding hydrogens is 292 g/mol. The molecule has 6 nitrogen and oxygen atoms in total. The van der Waals surface area contributed by atoms with Crippen molar-refractivity contribution >= 4 is 16.9 Å². The Morgan fingerprint density at radius 2 is 2.26 bits per heavy atom. The van der Waals surface area contributed by atoms with Crippen LogP contribution in [-0.2, 0) is 10.3 Å². The van der Waals surface area contributed by atoms with Gasteiger partial charge in [0.05, 0.1) is 5.54 Å². The highest BCUT2D eigenvalue weighted by Gasteiger charge is 2.33. The Morgan fingerprint density at radius 1 is 1.48 bits per heavy atom. The fourth-order valence-electron chi connectivity index (χ4n) is 3.10. The van der Waals surface area contributed by atoms with Crippen LogP contribution in [0.25, 0.3) is 11.0 Å². The lowest BCUT2D eigenvalue weighted by Gasteiger charge is -2.34. The number of aryl methyl sites for hydroxylation is 1. The fraction of sp³-hybridized carbons (Fsp3) is 0.529. The molecular formula is C17H24N4O2. The van der Waals surface area contributed by atoms with Gasteiger partial charge in [0.25, 0.3) is 0 Å². The molecule has 1 fully saturated rings. The van der Waals surface area contributed by atoms with Crippen LogP contribution in [0.5, 0.6) is 0 Å². The van der Waals surface area contributed by atoms with Crippen molar-refractivity contribution in [1.82, 2.24) is 20.7 Å². The number of aromatic nitrogens is 1. The molecule has 2 aromatic rings. The molecule has 1 aromatic heterocycles. The van der Waals surface area contributed by atoms with E-state index in [9.17, 15) is 4.79 Å². The molecule has 1 atom stereocenters. The summed E-state index contributed by atoms with van der Waals surface area (Å²) in [5.41, 5.74) is 1.98. The van der Waals surface area contributed by atoms with E-state index in [1.165, 1.54) is 0 Å². The molecule has 0 bridgehead atoms. The van der Waals surface area contributed by atoms with Crippen molar-refractivity contribution in [3.05, 3.63) is 29.5 Å².